The van der Waals surface area contributed by atoms with Crippen molar-refractivity contribution in [2.75, 3.05) is 36.4 Å². The average molecular weight is 394 g/mol. The molecule has 0 amide bonds. The minimum absolute atomic E-state index is 0.738. The maximum atomic E-state index is 6.18. The molecule has 1 saturated heterocycles. The highest BCUT2D eigenvalue weighted by Crippen LogP contribution is 2.26. The van der Waals surface area contributed by atoms with E-state index in [4.69, 9.17) is 35.4 Å². The highest BCUT2D eigenvalue weighted by atomic mass is 35.5. The zero-order chi connectivity index (χ0) is 18.0. The Bertz CT molecular complexity index is 786. The second-order valence-electron chi connectivity index (χ2n) is 6.30. The van der Waals surface area contributed by atoms with Crippen molar-refractivity contribution >= 4 is 51.9 Å². The van der Waals surface area contributed by atoms with Crippen molar-refractivity contribution in [3.8, 4) is 0 Å². The quantitative estimate of drug-likeness (QED) is 0.712. The van der Waals surface area contributed by atoms with Gasteiger partial charge in [0.1, 0.15) is 0 Å². The molecule has 0 spiro atoms. The SMILES string of the molecule is Cc1ccc(NC(=S)N2CCN(c3cc(Cl)ccc3C)CC2)cc1Cl. The third-order valence-electron chi connectivity index (χ3n) is 4.50. The lowest BCUT2D eigenvalue weighted by Crippen LogP contribution is -2.50. The Hall–Kier alpha value is -1.49. The molecule has 1 N–H and O–H groups in total. The molecule has 0 bridgehead atoms. The summed E-state index contributed by atoms with van der Waals surface area (Å²) in [6.07, 6.45) is 0. The van der Waals surface area contributed by atoms with E-state index in [0.717, 1.165) is 52.6 Å². The van der Waals surface area contributed by atoms with Crippen LogP contribution >= 0.6 is 35.4 Å². The molecule has 0 radical (unpaired) electrons. The van der Waals surface area contributed by atoms with Crippen molar-refractivity contribution in [3.63, 3.8) is 0 Å². The van der Waals surface area contributed by atoms with E-state index < -0.39 is 0 Å². The van der Waals surface area contributed by atoms with Crippen molar-refractivity contribution in [2.24, 2.45) is 0 Å². The molecular formula is C19H21Cl2N3S. The number of aryl methyl sites for hydroxylation is 2. The minimum atomic E-state index is 0.738. The number of halogens is 2. The summed E-state index contributed by atoms with van der Waals surface area (Å²) in [4.78, 5) is 4.56. The van der Waals surface area contributed by atoms with Crippen LogP contribution < -0.4 is 10.2 Å². The summed E-state index contributed by atoms with van der Waals surface area (Å²) in [6.45, 7) is 7.68. The van der Waals surface area contributed by atoms with Gasteiger partial charge in [0.15, 0.2) is 5.11 Å². The van der Waals surface area contributed by atoms with Crippen LogP contribution in [0.25, 0.3) is 0 Å². The van der Waals surface area contributed by atoms with E-state index in [0.29, 0.717) is 0 Å². The number of nitrogens with one attached hydrogen (secondary N) is 1. The maximum Gasteiger partial charge on any atom is 0.173 e. The Morgan fingerprint density at radius 3 is 2.32 bits per heavy atom. The van der Waals surface area contributed by atoms with Gasteiger partial charge < -0.3 is 15.1 Å². The second-order valence-corrected chi connectivity index (χ2v) is 7.53. The van der Waals surface area contributed by atoms with Crippen LogP contribution in [0.4, 0.5) is 11.4 Å². The Morgan fingerprint density at radius 1 is 0.960 bits per heavy atom. The first-order valence-electron chi connectivity index (χ1n) is 8.27. The molecule has 0 aromatic heterocycles. The lowest BCUT2D eigenvalue weighted by Gasteiger charge is -2.38. The summed E-state index contributed by atoms with van der Waals surface area (Å²) in [5, 5.41) is 5.55. The first kappa shape index (κ1) is 18.3. The van der Waals surface area contributed by atoms with E-state index in [1.807, 2.05) is 37.3 Å². The summed E-state index contributed by atoms with van der Waals surface area (Å²) < 4.78 is 0. The normalized spacial score (nSPS) is 14.6. The van der Waals surface area contributed by atoms with Crippen LogP contribution in [0.5, 0.6) is 0 Å². The van der Waals surface area contributed by atoms with Gasteiger partial charge in [0.05, 0.1) is 0 Å². The zero-order valence-electron chi connectivity index (χ0n) is 14.4. The molecule has 3 nitrogen and oxygen atoms in total. The third-order valence-corrected chi connectivity index (χ3v) is 5.50. The van der Waals surface area contributed by atoms with Crippen LogP contribution in [0, 0.1) is 13.8 Å². The average Bonchev–Trinajstić information content (AvgIpc) is 2.60. The van der Waals surface area contributed by atoms with Crippen LogP contribution in [-0.2, 0) is 0 Å². The van der Waals surface area contributed by atoms with Crippen LogP contribution in [-0.4, -0.2) is 36.2 Å². The summed E-state index contributed by atoms with van der Waals surface area (Å²) in [5.41, 5.74) is 4.43. The zero-order valence-corrected chi connectivity index (χ0v) is 16.7. The Balaban J connectivity index is 1.60. The molecular weight excluding hydrogens is 373 g/mol. The summed E-state index contributed by atoms with van der Waals surface area (Å²) >= 11 is 17.9. The van der Waals surface area contributed by atoms with Gasteiger partial charge in [-0.2, -0.15) is 0 Å². The molecule has 1 fully saturated rings. The van der Waals surface area contributed by atoms with Gasteiger partial charge in [-0.25, -0.2) is 0 Å². The van der Waals surface area contributed by atoms with Crippen LogP contribution in [0.1, 0.15) is 11.1 Å². The third kappa shape index (κ3) is 4.38. The molecule has 0 saturated carbocycles. The topological polar surface area (TPSA) is 18.5 Å². The molecule has 0 unspecified atom stereocenters. The van der Waals surface area contributed by atoms with Gasteiger partial charge in [-0.05, 0) is 61.5 Å². The fourth-order valence-electron chi connectivity index (χ4n) is 2.95. The van der Waals surface area contributed by atoms with E-state index in [1.165, 1.54) is 11.3 Å². The predicted octanol–water partition coefficient (Wildman–Crippen LogP) is 5.13. The summed E-state index contributed by atoms with van der Waals surface area (Å²) in [7, 11) is 0. The van der Waals surface area contributed by atoms with Gasteiger partial charge in [0, 0.05) is 47.6 Å². The van der Waals surface area contributed by atoms with E-state index in [2.05, 4.69) is 28.1 Å². The fraction of sp³-hybridized carbons (Fsp3) is 0.316. The number of hydrogen-bond acceptors (Lipinski definition) is 2. The smallest absolute Gasteiger partial charge is 0.173 e. The largest absolute Gasteiger partial charge is 0.368 e. The van der Waals surface area contributed by atoms with Gasteiger partial charge in [0.25, 0.3) is 0 Å². The van der Waals surface area contributed by atoms with Gasteiger partial charge in [0.2, 0.25) is 0 Å². The molecule has 1 aliphatic heterocycles. The van der Waals surface area contributed by atoms with E-state index in [1.54, 1.807) is 0 Å². The van der Waals surface area contributed by atoms with Crippen LogP contribution in [0.3, 0.4) is 0 Å². The van der Waals surface area contributed by atoms with Crippen LogP contribution in [0.2, 0.25) is 10.0 Å². The number of rotatable bonds is 2. The van der Waals surface area contributed by atoms with Gasteiger partial charge >= 0.3 is 0 Å². The number of piperazine rings is 1. The van der Waals surface area contributed by atoms with Crippen LogP contribution in [0.15, 0.2) is 36.4 Å². The van der Waals surface area contributed by atoms with Crippen molar-refractivity contribution in [2.45, 2.75) is 13.8 Å². The molecule has 3 rings (SSSR count). The maximum absolute atomic E-state index is 6.18. The molecule has 6 heteroatoms. The van der Waals surface area contributed by atoms with Crippen molar-refractivity contribution < 1.29 is 0 Å². The number of nitrogens with zero attached hydrogens (tertiary/aromatic N) is 2. The fourth-order valence-corrected chi connectivity index (χ4v) is 3.59. The Kier molecular flexibility index (Phi) is 5.72. The Morgan fingerprint density at radius 2 is 1.64 bits per heavy atom. The number of benzene rings is 2. The molecule has 132 valence electrons. The number of anilines is 2. The van der Waals surface area contributed by atoms with E-state index in [9.17, 15) is 0 Å². The predicted molar refractivity (Wildman–Crippen MR) is 112 cm³/mol. The molecule has 1 heterocycles. The van der Waals surface area contributed by atoms with E-state index >= 15 is 0 Å². The molecule has 0 atom stereocenters. The van der Waals surface area contributed by atoms with Crippen molar-refractivity contribution in [1.82, 2.24) is 4.90 Å². The molecule has 2 aromatic rings. The molecule has 1 aliphatic rings. The van der Waals surface area contributed by atoms with Gasteiger partial charge in [-0.15, -0.1) is 0 Å². The van der Waals surface area contributed by atoms with Crippen molar-refractivity contribution in [1.29, 1.82) is 0 Å². The van der Waals surface area contributed by atoms with Crippen molar-refractivity contribution in [3.05, 3.63) is 57.6 Å². The lowest BCUT2D eigenvalue weighted by atomic mass is 10.1. The van der Waals surface area contributed by atoms with Gasteiger partial charge in [-0.1, -0.05) is 35.3 Å². The highest BCUT2D eigenvalue weighted by Gasteiger charge is 2.20. The second kappa shape index (κ2) is 7.81. The first-order valence-corrected chi connectivity index (χ1v) is 9.43. The number of hydrogen-bond donors (Lipinski definition) is 1. The molecule has 2 aromatic carbocycles. The molecule has 25 heavy (non-hydrogen) atoms. The Labute approximate surface area is 164 Å². The van der Waals surface area contributed by atoms with Gasteiger partial charge in [-0.3, -0.25) is 0 Å². The summed E-state index contributed by atoms with van der Waals surface area (Å²) in [6, 6.07) is 11.9. The summed E-state index contributed by atoms with van der Waals surface area (Å²) in [5.74, 6) is 0. The van der Waals surface area contributed by atoms with E-state index in [-0.39, 0.29) is 0 Å². The highest BCUT2D eigenvalue weighted by molar-refractivity contribution is 7.80. The standard InChI is InChI=1S/C19H21Cl2N3S/c1-13-4-6-16(12-17(13)21)22-19(25)24-9-7-23(8-10-24)18-11-15(20)5-3-14(18)2/h3-6,11-12H,7-10H2,1-2H3,(H,22,25). The number of thiocarbonyl (C=S) groups is 1. The lowest BCUT2D eigenvalue weighted by molar-refractivity contribution is 0.390. The molecule has 0 aliphatic carbocycles. The minimum Gasteiger partial charge on any atom is -0.368 e. The monoisotopic (exact) mass is 393 g/mol. The first-order chi connectivity index (χ1) is 11.9.